The minimum absolute atomic E-state index is 0.124. The summed E-state index contributed by atoms with van der Waals surface area (Å²) in [5.74, 6) is -3.92. The van der Waals surface area contributed by atoms with Gasteiger partial charge in [-0.25, -0.2) is 12.8 Å². The van der Waals surface area contributed by atoms with Crippen molar-refractivity contribution in [3.05, 3.63) is 35.1 Å². The third-order valence-corrected chi connectivity index (χ3v) is 4.71. The summed E-state index contributed by atoms with van der Waals surface area (Å²) in [6, 6.07) is 2.36. The smallest absolute Gasteiger partial charge is 0.265 e. The number of carbonyl (C=O) groups is 3. The predicted molar refractivity (Wildman–Crippen MR) is 67.2 cm³/mol. The van der Waals surface area contributed by atoms with Crippen molar-refractivity contribution in [2.45, 2.75) is 12.5 Å². The Morgan fingerprint density at radius 3 is 2.52 bits per heavy atom. The van der Waals surface area contributed by atoms with E-state index in [2.05, 4.69) is 0 Å². The standard InChI is InChI=1S/C12H9FN2O5S/c13-7-3-1-2-6-9(7)12(18)15(11(6)17)8-4-5-21(19,20)14-10(8)16/h1-3,8H,4-5H2,(H,14,16). The summed E-state index contributed by atoms with van der Waals surface area (Å²) in [5, 5.41) is 0. The van der Waals surface area contributed by atoms with Crippen LogP contribution in [-0.2, 0) is 14.8 Å². The number of carbonyl (C=O) groups excluding carboxylic acids is 3. The number of hydrogen-bond acceptors (Lipinski definition) is 5. The van der Waals surface area contributed by atoms with Gasteiger partial charge in [0.05, 0.1) is 16.9 Å². The number of amides is 3. The van der Waals surface area contributed by atoms with Gasteiger partial charge >= 0.3 is 0 Å². The Kier molecular flexibility index (Phi) is 2.84. The molecule has 1 atom stereocenters. The molecular formula is C12H9FN2O5S. The van der Waals surface area contributed by atoms with E-state index in [0.29, 0.717) is 4.90 Å². The third kappa shape index (κ3) is 2.00. The van der Waals surface area contributed by atoms with Crippen LogP contribution in [0.5, 0.6) is 0 Å². The molecule has 3 amide bonds. The molecule has 1 unspecified atom stereocenters. The second-order valence-corrected chi connectivity index (χ2v) is 6.57. The van der Waals surface area contributed by atoms with Gasteiger partial charge < -0.3 is 0 Å². The molecule has 1 N–H and O–H groups in total. The van der Waals surface area contributed by atoms with Gasteiger partial charge in [-0.05, 0) is 18.6 Å². The zero-order chi connectivity index (χ0) is 15.4. The van der Waals surface area contributed by atoms with E-state index in [0.717, 1.165) is 6.07 Å². The first kappa shape index (κ1) is 13.7. The first-order chi connectivity index (χ1) is 9.82. The molecule has 0 spiro atoms. The lowest BCUT2D eigenvalue weighted by molar-refractivity contribution is -0.123. The van der Waals surface area contributed by atoms with Gasteiger partial charge in [0.1, 0.15) is 11.9 Å². The summed E-state index contributed by atoms with van der Waals surface area (Å²) < 4.78 is 38.0. The highest BCUT2D eigenvalue weighted by Gasteiger charge is 2.46. The van der Waals surface area contributed by atoms with Crippen molar-refractivity contribution in [2.75, 3.05) is 5.75 Å². The van der Waals surface area contributed by atoms with Crippen molar-refractivity contribution in [3.8, 4) is 0 Å². The van der Waals surface area contributed by atoms with E-state index < -0.39 is 39.6 Å². The van der Waals surface area contributed by atoms with Crippen LogP contribution in [0.25, 0.3) is 0 Å². The van der Waals surface area contributed by atoms with Crippen LogP contribution in [0, 0.1) is 5.82 Å². The van der Waals surface area contributed by atoms with Gasteiger partial charge in [-0.2, -0.15) is 0 Å². The molecule has 1 saturated heterocycles. The van der Waals surface area contributed by atoms with Crippen molar-refractivity contribution < 1.29 is 27.2 Å². The SMILES string of the molecule is O=C1NS(=O)(=O)CCC1N1C(=O)c2cccc(F)c2C1=O. The minimum Gasteiger partial charge on any atom is -0.272 e. The molecule has 7 nitrogen and oxygen atoms in total. The minimum atomic E-state index is -3.73. The second-order valence-electron chi connectivity index (χ2n) is 4.73. The fourth-order valence-electron chi connectivity index (χ4n) is 2.46. The molecule has 3 rings (SSSR count). The Labute approximate surface area is 118 Å². The van der Waals surface area contributed by atoms with E-state index in [1.165, 1.54) is 12.1 Å². The lowest BCUT2D eigenvalue weighted by Crippen LogP contribution is -2.55. The maximum Gasteiger partial charge on any atom is 0.265 e. The number of benzene rings is 1. The third-order valence-electron chi connectivity index (χ3n) is 3.43. The van der Waals surface area contributed by atoms with Crippen molar-refractivity contribution in [3.63, 3.8) is 0 Å². The lowest BCUT2D eigenvalue weighted by atomic mass is 10.1. The first-order valence-electron chi connectivity index (χ1n) is 6.02. The Morgan fingerprint density at radius 1 is 1.19 bits per heavy atom. The number of nitrogens with one attached hydrogen (secondary N) is 1. The topological polar surface area (TPSA) is 101 Å². The highest BCUT2D eigenvalue weighted by Crippen LogP contribution is 2.28. The van der Waals surface area contributed by atoms with E-state index in [-0.39, 0.29) is 23.3 Å². The maximum absolute atomic E-state index is 13.7. The fraction of sp³-hybridized carbons (Fsp3) is 0.250. The van der Waals surface area contributed by atoms with Gasteiger partial charge in [0.15, 0.2) is 0 Å². The van der Waals surface area contributed by atoms with E-state index in [1.54, 1.807) is 4.72 Å². The Hall–Kier alpha value is -2.29. The molecule has 0 bridgehead atoms. The molecule has 110 valence electrons. The van der Waals surface area contributed by atoms with Crippen LogP contribution in [0.3, 0.4) is 0 Å². The summed E-state index contributed by atoms with van der Waals surface area (Å²) in [5.41, 5.74) is -0.509. The van der Waals surface area contributed by atoms with Crippen molar-refractivity contribution >= 4 is 27.7 Å². The Bertz CT molecular complexity index is 789. The Balaban J connectivity index is 2.00. The zero-order valence-corrected chi connectivity index (χ0v) is 11.3. The summed E-state index contributed by atoms with van der Waals surface area (Å²) >= 11 is 0. The number of halogens is 1. The highest BCUT2D eigenvalue weighted by molar-refractivity contribution is 7.90. The molecular weight excluding hydrogens is 303 g/mol. The molecule has 1 fully saturated rings. The van der Waals surface area contributed by atoms with Gasteiger partial charge in [0.2, 0.25) is 10.0 Å². The van der Waals surface area contributed by atoms with Gasteiger partial charge in [-0.15, -0.1) is 0 Å². The summed E-state index contributed by atoms with van der Waals surface area (Å²) in [7, 11) is -3.73. The zero-order valence-electron chi connectivity index (χ0n) is 10.5. The van der Waals surface area contributed by atoms with E-state index in [9.17, 15) is 27.2 Å². The van der Waals surface area contributed by atoms with Gasteiger partial charge in [-0.3, -0.25) is 24.0 Å². The second kappa shape index (κ2) is 4.35. The van der Waals surface area contributed by atoms with E-state index in [1.807, 2.05) is 0 Å². The molecule has 1 aromatic carbocycles. The normalized spacial score (nSPS) is 24.0. The molecule has 0 aromatic heterocycles. The van der Waals surface area contributed by atoms with Crippen molar-refractivity contribution in [1.29, 1.82) is 0 Å². The Morgan fingerprint density at radius 2 is 1.90 bits per heavy atom. The van der Waals surface area contributed by atoms with E-state index in [4.69, 9.17) is 0 Å². The summed E-state index contributed by atoms with van der Waals surface area (Å²) in [6.45, 7) is 0. The van der Waals surface area contributed by atoms with Crippen LogP contribution in [0.1, 0.15) is 27.1 Å². The summed E-state index contributed by atoms with van der Waals surface area (Å²) in [4.78, 5) is 36.8. The summed E-state index contributed by atoms with van der Waals surface area (Å²) in [6.07, 6.45) is -0.207. The monoisotopic (exact) mass is 312 g/mol. The highest BCUT2D eigenvalue weighted by atomic mass is 32.2. The number of rotatable bonds is 1. The molecule has 0 aliphatic carbocycles. The number of nitrogens with zero attached hydrogens (tertiary/aromatic N) is 1. The number of fused-ring (bicyclic) bond motifs is 1. The molecule has 0 radical (unpaired) electrons. The molecule has 2 heterocycles. The molecule has 9 heteroatoms. The number of imide groups is 1. The molecule has 2 aliphatic heterocycles. The molecule has 21 heavy (non-hydrogen) atoms. The maximum atomic E-state index is 13.7. The van der Waals surface area contributed by atoms with Gasteiger partial charge in [0, 0.05) is 0 Å². The molecule has 0 saturated carbocycles. The largest absolute Gasteiger partial charge is 0.272 e. The number of hydrogen-bond donors (Lipinski definition) is 1. The van der Waals surface area contributed by atoms with Crippen LogP contribution in [0.2, 0.25) is 0 Å². The average molecular weight is 312 g/mol. The van der Waals surface area contributed by atoms with E-state index >= 15 is 0 Å². The molecule has 2 aliphatic rings. The predicted octanol–water partition coefficient (Wildman–Crippen LogP) is -0.360. The van der Waals surface area contributed by atoms with Gasteiger partial charge in [-0.1, -0.05) is 6.07 Å². The number of sulfonamides is 1. The van der Waals surface area contributed by atoms with Crippen LogP contribution in [0.15, 0.2) is 18.2 Å². The molecule has 1 aromatic rings. The van der Waals surface area contributed by atoms with Crippen LogP contribution < -0.4 is 4.72 Å². The van der Waals surface area contributed by atoms with Crippen molar-refractivity contribution in [1.82, 2.24) is 9.62 Å². The quantitative estimate of drug-likeness (QED) is 0.714. The lowest BCUT2D eigenvalue weighted by Gasteiger charge is -2.28. The van der Waals surface area contributed by atoms with Crippen LogP contribution in [-0.4, -0.2) is 42.8 Å². The first-order valence-corrected chi connectivity index (χ1v) is 7.68. The average Bonchev–Trinajstić information content (AvgIpc) is 2.63. The fourth-order valence-corrected chi connectivity index (χ4v) is 3.54. The van der Waals surface area contributed by atoms with Crippen LogP contribution in [0.4, 0.5) is 4.39 Å². The van der Waals surface area contributed by atoms with Crippen LogP contribution >= 0.6 is 0 Å². The van der Waals surface area contributed by atoms with Crippen molar-refractivity contribution in [2.24, 2.45) is 0 Å². The van der Waals surface area contributed by atoms with Gasteiger partial charge in [0.25, 0.3) is 17.7 Å².